The standard InChI is InChI=1S/C20H20N4O4/c1-13(22-20(27)24-16-6-4-3-5-7-16)19(26)28-14(2)18(25)23-17-10-8-15(12-21)9-11-17/h3-11,13-14H,1-2H3,(H,23,25)(H2,22,24,27)/t13-,14-/m1/s1. The molecule has 0 spiro atoms. The van der Waals surface area contributed by atoms with Crippen molar-refractivity contribution in [2.24, 2.45) is 0 Å². The maximum Gasteiger partial charge on any atom is 0.329 e. The summed E-state index contributed by atoms with van der Waals surface area (Å²) in [5, 5.41) is 16.4. The maximum absolute atomic E-state index is 12.1. The summed E-state index contributed by atoms with van der Waals surface area (Å²) in [5.74, 6) is -1.27. The number of anilines is 2. The van der Waals surface area contributed by atoms with Crippen molar-refractivity contribution in [3.8, 4) is 6.07 Å². The topological polar surface area (TPSA) is 120 Å². The molecule has 8 nitrogen and oxygen atoms in total. The highest BCUT2D eigenvalue weighted by Crippen LogP contribution is 2.10. The van der Waals surface area contributed by atoms with E-state index in [1.54, 1.807) is 48.5 Å². The molecule has 2 aromatic rings. The number of carbonyl (C=O) groups excluding carboxylic acids is 3. The third-order valence-corrected chi connectivity index (χ3v) is 3.68. The Hall–Kier alpha value is -3.86. The lowest BCUT2D eigenvalue weighted by Gasteiger charge is -2.18. The molecule has 2 aromatic carbocycles. The first kappa shape index (κ1) is 20.5. The van der Waals surface area contributed by atoms with Gasteiger partial charge < -0.3 is 20.7 Å². The molecule has 2 atom stereocenters. The molecule has 2 rings (SSSR count). The Bertz CT molecular complexity index is 875. The molecule has 0 aromatic heterocycles. The fraction of sp³-hybridized carbons (Fsp3) is 0.200. The molecule has 0 aliphatic carbocycles. The van der Waals surface area contributed by atoms with Crippen molar-refractivity contribution in [1.29, 1.82) is 5.26 Å². The van der Waals surface area contributed by atoms with E-state index < -0.39 is 30.1 Å². The third kappa shape index (κ3) is 6.14. The molecule has 8 heteroatoms. The summed E-state index contributed by atoms with van der Waals surface area (Å²) in [6.07, 6.45) is -1.07. The molecular weight excluding hydrogens is 360 g/mol. The van der Waals surface area contributed by atoms with Crippen LogP contribution in [0.2, 0.25) is 0 Å². The molecule has 0 fully saturated rings. The summed E-state index contributed by atoms with van der Waals surface area (Å²) in [7, 11) is 0. The van der Waals surface area contributed by atoms with Crippen LogP contribution in [0.5, 0.6) is 0 Å². The molecule has 0 heterocycles. The Morgan fingerprint density at radius 3 is 2.14 bits per heavy atom. The summed E-state index contributed by atoms with van der Waals surface area (Å²) < 4.78 is 5.10. The molecule has 144 valence electrons. The maximum atomic E-state index is 12.1. The smallest absolute Gasteiger partial charge is 0.329 e. The SMILES string of the molecule is C[C@@H](NC(=O)Nc1ccccc1)C(=O)O[C@H](C)C(=O)Nc1ccc(C#N)cc1. The molecule has 0 aliphatic rings. The van der Waals surface area contributed by atoms with E-state index in [4.69, 9.17) is 10.00 Å². The fourth-order valence-corrected chi connectivity index (χ4v) is 2.15. The molecule has 28 heavy (non-hydrogen) atoms. The Kier molecular flexibility index (Phi) is 7.11. The van der Waals surface area contributed by atoms with E-state index >= 15 is 0 Å². The number of carbonyl (C=O) groups is 3. The molecule has 0 saturated heterocycles. The number of esters is 1. The zero-order valence-electron chi connectivity index (χ0n) is 15.4. The minimum atomic E-state index is -1.07. The number of nitriles is 1. The van der Waals surface area contributed by atoms with Gasteiger partial charge in [-0.3, -0.25) is 4.79 Å². The average molecular weight is 380 g/mol. The summed E-state index contributed by atoms with van der Waals surface area (Å²) in [6, 6.07) is 15.5. The summed E-state index contributed by atoms with van der Waals surface area (Å²) in [6.45, 7) is 2.88. The minimum Gasteiger partial charge on any atom is -0.451 e. The summed E-state index contributed by atoms with van der Waals surface area (Å²) in [4.78, 5) is 36.1. The van der Waals surface area contributed by atoms with Crippen LogP contribution in [0.3, 0.4) is 0 Å². The van der Waals surface area contributed by atoms with Gasteiger partial charge in [0.2, 0.25) is 0 Å². The second-order valence-electron chi connectivity index (χ2n) is 5.94. The van der Waals surface area contributed by atoms with Crippen molar-refractivity contribution in [1.82, 2.24) is 5.32 Å². The monoisotopic (exact) mass is 380 g/mol. The number of benzene rings is 2. The van der Waals surface area contributed by atoms with Crippen molar-refractivity contribution in [3.63, 3.8) is 0 Å². The Balaban J connectivity index is 1.81. The van der Waals surface area contributed by atoms with Crippen LogP contribution < -0.4 is 16.0 Å². The molecule has 3 amide bonds. The number of ether oxygens (including phenoxy) is 1. The second kappa shape index (κ2) is 9.73. The molecule has 0 bridgehead atoms. The van der Waals surface area contributed by atoms with Crippen LogP contribution in [0.1, 0.15) is 19.4 Å². The molecule has 0 radical (unpaired) electrons. The lowest BCUT2D eigenvalue weighted by atomic mass is 10.2. The van der Waals surface area contributed by atoms with Gasteiger partial charge in [-0.05, 0) is 50.2 Å². The van der Waals surface area contributed by atoms with E-state index in [9.17, 15) is 14.4 Å². The summed E-state index contributed by atoms with van der Waals surface area (Å²) >= 11 is 0. The van der Waals surface area contributed by atoms with Crippen molar-refractivity contribution < 1.29 is 19.1 Å². The van der Waals surface area contributed by atoms with Gasteiger partial charge in [-0.2, -0.15) is 5.26 Å². The number of hydrogen-bond donors (Lipinski definition) is 3. The first-order valence-corrected chi connectivity index (χ1v) is 8.53. The number of nitrogens with one attached hydrogen (secondary N) is 3. The van der Waals surface area contributed by atoms with Crippen LogP contribution in [0.4, 0.5) is 16.2 Å². The highest BCUT2D eigenvalue weighted by atomic mass is 16.5. The van der Waals surface area contributed by atoms with Crippen LogP contribution in [0.15, 0.2) is 54.6 Å². The predicted molar refractivity (Wildman–Crippen MR) is 103 cm³/mol. The van der Waals surface area contributed by atoms with Gasteiger partial charge in [0.1, 0.15) is 6.04 Å². The zero-order valence-corrected chi connectivity index (χ0v) is 15.4. The van der Waals surface area contributed by atoms with Crippen LogP contribution in [0.25, 0.3) is 0 Å². The number of nitrogens with zero attached hydrogens (tertiary/aromatic N) is 1. The van der Waals surface area contributed by atoms with Crippen molar-refractivity contribution >= 4 is 29.3 Å². The van der Waals surface area contributed by atoms with Crippen LogP contribution in [-0.4, -0.2) is 30.1 Å². The quantitative estimate of drug-likeness (QED) is 0.665. The van der Waals surface area contributed by atoms with E-state index in [-0.39, 0.29) is 0 Å². The summed E-state index contributed by atoms with van der Waals surface area (Å²) in [5.41, 5.74) is 1.52. The fourth-order valence-electron chi connectivity index (χ4n) is 2.15. The normalized spacial score (nSPS) is 12.0. The van der Waals surface area contributed by atoms with Gasteiger partial charge in [-0.15, -0.1) is 0 Å². The number of para-hydroxylation sites is 1. The van der Waals surface area contributed by atoms with E-state index in [2.05, 4.69) is 16.0 Å². The van der Waals surface area contributed by atoms with Gasteiger partial charge in [-0.25, -0.2) is 9.59 Å². The molecule has 0 saturated carbocycles. The van der Waals surface area contributed by atoms with E-state index in [0.29, 0.717) is 16.9 Å². The number of hydrogen-bond acceptors (Lipinski definition) is 5. The van der Waals surface area contributed by atoms with Crippen molar-refractivity contribution in [2.45, 2.75) is 26.0 Å². The predicted octanol–water partition coefficient (Wildman–Crippen LogP) is 2.64. The molecular formula is C20H20N4O4. The molecule has 0 unspecified atom stereocenters. The lowest BCUT2D eigenvalue weighted by molar-refractivity contribution is -0.154. The highest BCUT2D eigenvalue weighted by molar-refractivity contribution is 5.96. The largest absolute Gasteiger partial charge is 0.451 e. The van der Waals surface area contributed by atoms with Gasteiger partial charge in [0, 0.05) is 11.4 Å². The average Bonchev–Trinajstić information content (AvgIpc) is 2.69. The Morgan fingerprint density at radius 1 is 0.929 bits per heavy atom. The highest BCUT2D eigenvalue weighted by Gasteiger charge is 2.23. The van der Waals surface area contributed by atoms with Crippen molar-refractivity contribution in [3.05, 3.63) is 60.2 Å². The first-order chi connectivity index (χ1) is 13.4. The Morgan fingerprint density at radius 2 is 1.54 bits per heavy atom. The van der Waals surface area contributed by atoms with E-state index in [1.165, 1.54) is 13.8 Å². The minimum absolute atomic E-state index is 0.464. The molecule has 0 aliphatic heterocycles. The van der Waals surface area contributed by atoms with Crippen LogP contribution in [0, 0.1) is 11.3 Å². The van der Waals surface area contributed by atoms with Gasteiger partial charge in [0.15, 0.2) is 6.10 Å². The second-order valence-corrected chi connectivity index (χ2v) is 5.94. The van der Waals surface area contributed by atoms with Gasteiger partial charge in [0.05, 0.1) is 11.6 Å². The van der Waals surface area contributed by atoms with Crippen LogP contribution >= 0.6 is 0 Å². The third-order valence-electron chi connectivity index (χ3n) is 3.68. The first-order valence-electron chi connectivity index (χ1n) is 8.53. The number of urea groups is 1. The number of amides is 3. The van der Waals surface area contributed by atoms with Gasteiger partial charge >= 0.3 is 12.0 Å². The van der Waals surface area contributed by atoms with Gasteiger partial charge in [0.25, 0.3) is 5.91 Å². The molecule has 3 N–H and O–H groups in total. The van der Waals surface area contributed by atoms with Crippen molar-refractivity contribution in [2.75, 3.05) is 10.6 Å². The van der Waals surface area contributed by atoms with E-state index in [0.717, 1.165) is 0 Å². The van der Waals surface area contributed by atoms with E-state index in [1.807, 2.05) is 12.1 Å². The Labute approximate surface area is 162 Å². The number of rotatable bonds is 6. The van der Waals surface area contributed by atoms with Crippen LogP contribution in [-0.2, 0) is 14.3 Å². The lowest BCUT2D eigenvalue weighted by Crippen LogP contribution is -2.44. The zero-order chi connectivity index (χ0) is 20.5. The van der Waals surface area contributed by atoms with Gasteiger partial charge in [-0.1, -0.05) is 18.2 Å².